The first-order chi connectivity index (χ1) is 19.7. The van der Waals surface area contributed by atoms with Crippen LogP contribution >= 0.6 is 0 Å². The summed E-state index contributed by atoms with van der Waals surface area (Å²) in [6, 6.07) is 4.63. The highest BCUT2D eigenvalue weighted by molar-refractivity contribution is 6.30. The number of aromatic hydroxyl groups is 2. The first-order valence-electron chi connectivity index (χ1n) is 13.2. The van der Waals surface area contributed by atoms with E-state index in [1.54, 1.807) is 12.1 Å². The topological polar surface area (TPSA) is 156 Å². The number of hydrogen-bond donors (Lipinski definition) is 3. The van der Waals surface area contributed by atoms with Gasteiger partial charge in [-0.25, -0.2) is 0 Å². The number of amides is 1. The summed E-state index contributed by atoms with van der Waals surface area (Å²) in [5.74, 6) is -6.76. The van der Waals surface area contributed by atoms with Crippen LogP contribution in [0.3, 0.4) is 0 Å². The molecule has 13 heteroatoms. The van der Waals surface area contributed by atoms with Gasteiger partial charge in [0.1, 0.15) is 23.4 Å². The van der Waals surface area contributed by atoms with Crippen LogP contribution in [0.15, 0.2) is 24.3 Å². The Morgan fingerprint density at radius 3 is 2.21 bits per heavy atom. The summed E-state index contributed by atoms with van der Waals surface area (Å²) in [6.45, 7) is 2.51. The van der Waals surface area contributed by atoms with Crippen LogP contribution in [-0.2, 0) is 30.3 Å². The largest absolute Gasteiger partial charge is 0.507 e. The average molecular weight is 590 g/mol. The highest BCUT2D eigenvalue weighted by Crippen LogP contribution is 2.50. The number of ether oxygens (including phenoxy) is 2. The normalized spacial score (nSPS) is 25.3. The van der Waals surface area contributed by atoms with E-state index in [0.29, 0.717) is 0 Å². The maximum absolute atomic E-state index is 13.4. The van der Waals surface area contributed by atoms with E-state index in [2.05, 4.69) is 0 Å². The lowest BCUT2D eigenvalue weighted by atomic mass is 9.72. The fourth-order valence-electron chi connectivity index (χ4n) is 6.26. The molecule has 1 amide bonds. The van der Waals surface area contributed by atoms with Crippen molar-refractivity contribution in [3.05, 3.63) is 57.6 Å². The second-order valence-electron chi connectivity index (χ2n) is 10.7. The molecular weight excluding hydrogens is 563 g/mol. The Morgan fingerprint density at radius 1 is 1.05 bits per heavy atom. The second kappa shape index (κ2) is 10.5. The standard InChI is InChI=1S/C29H26F3NO9/c1-11-27(42-12(2)34)19(33-28(40)29(30,31)32)10-15(41-11)8-13-7-14(35)9-18-20(13)26(39)22-21(25(18)38)23(36)16-5-3-4-6-17(16)24(22)37/h3-6,11,13,15,19,27,38-39H,7-10H2,1-2H3,(H,33,40)/t11-,13-,15-,19-,27+/m0/s1. The van der Waals surface area contributed by atoms with Crippen molar-refractivity contribution in [2.45, 2.75) is 76.0 Å². The molecule has 1 fully saturated rings. The number of phenolic OH excluding ortho intramolecular Hbond substituents is 2. The van der Waals surface area contributed by atoms with E-state index in [-0.39, 0.29) is 53.7 Å². The number of ketones is 3. The Bertz CT molecular complexity index is 1530. The molecule has 5 atom stereocenters. The van der Waals surface area contributed by atoms with E-state index in [0.717, 1.165) is 6.92 Å². The van der Waals surface area contributed by atoms with Gasteiger partial charge in [-0.2, -0.15) is 13.2 Å². The molecule has 42 heavy (non-hydrogen) atoms. The van der Waals surface area contributed by atoms with Crippen molar-refractivity contribution in [3.8, 4) is 11.5 Å². The van der Waals surface area contributed by atoms with Gasteiger partial charge < -0.3 is 25.0 Å². The molecular formula is C29H26F3NO9. The van der Waals surface area contributed by atoms with Crippen LogP contribution < -0.4 is 5.32 Å². The molecule has 0 unspecified atom stereocenters. The predicted molar refractivity (Wildman–Crippen MR) is 136 cm³/mol. The van der Waals surface area contributed by atoms with Crippen LogP contribution in [0.1, 0.15) is 82.0 Å². The predicted octanol–water partition coefficient (Wildman–Crippen LogP) is 3.02. The minimum atomic E-state index is -5.20. The number of carbonyl (C=O) groups excluding carboxylic acids is 5. The SMILES string of the molecule is CC(=O)O[C@H]1[C@@H](NC(=O)C(F)(F)F)C[C@H](C[C@@H]2CC(=O)Cc3c(O)c4c(c(O)c32)C(=O)c2ccccc2C4=O)O[C@H]1C. The van der Waals surface area contributed by atoms with Crippen LogP contribution in [-0.4, -0.2) is 70.0 Å². The lowest BCUT2D eigenvalue weighted by molar-refractivity contribution is -0.186. The van der Waals surface area contributed by atoms with Crippen molar-refractivity contribution in [1.82, 2.24) is 5.32 Å². The number of phenols is 2. The summed E-state index contributed by atoms with van der Waals surface area (Å²) in [5.41, 5.74) is -0.653. The highest BCUT2D eigenvalue weighted by Gasteiger charge is 2.47. The smallest absolute Gasteiger partial charge is 0.471 e. The Labute approximate surface area is 236 Å². The van der Waals surface area contributed by atoms with Crippen LogP contribution in [0.2, 0.25) is 0 Å². The van der Waals surface area contributed by atoms with Crippen LogP contribution in [0.5, 0.6) is 11.5 Å². The molecule has 1 aliphatic heterocycles. The summed E-state index contributed by atoms with van der Waals surface area (Å²) >= 11 is 0. The Kier molecular flexibility index (Phi) is 7.34. The fourth-order valence-corrected chi connectivity index (χ4v) is 6.26. The zero-order valence-electron chi connectivity index (χ0n) is 22.4. The number of nitrogens with one attached hydrogen (secondary N) is 1. The molecule has 3 aliphatic rings. The first kappa shape index (κ1) is 29.2. The van der Waals surface area contributed by atoms with E-state index >= 15 is 0 Å². The number of Topliss-reactive ketones (excluding diaryl/α,β-unsaturated/α-hetero) is 1. The van der Waals surface area contributed by atoms with Gasteiger partial charge in [-0.05, 0) is 25.7 Å². The molecule has 2 aromatic carbocycles. The van der Waals surface area contributed by atoms with Gasteiger partial charge in [0.15, 0.2) is 11.6 Å². The number of carbonyl (C=O) groups is 5. The minimum absolute atomic E-state index is 0.0170. The second-order valence-corrected chi connectivity index (χ2v) is 10.7. The Hall–Kier alpha value is -4.26. The number of halogens is 3. The maximum atomic E-state index is 13.4. The minimum Gasteiger partial charge on any atom is -0.507 e. The van der Waals surface area contributed by atoms with Crippen molar-refractivity contribution in [2.75, 3.05) is 0 Å². The molecule has 0 bridgehead atoms. The summed E-state index contributed by atoms with van der Waals surface area (Å²) in [5, 5.41) is 24.4. The zero-order chi connectivity index (χ0) is 30.7. The van der Waals surface area contributed by atoms with Crippen molar-refractivity contribution >= 4 is 29.2 Å². The van der Waals surface area contributed by atoms with E-state index in [1.165, 1.54) is 19.1 Å². The van der Waals surface area contributed by atoms with Crippen molar-refractivity contribution in [1.29, 1.82) is 0 Å². The molecule has 1 heterocycles. The van der Waals surface area contributed by atoms with E-state index in [9.17, 15) is 47.4 Å². The third-order valence-electron chi connectivity index (χ3n) is 7.92. The third kappa shape index (κ3) is 5.02. The van der Waals surface area contributed by atoms with Gasteiger partial charge in [0.05, 0.1) is 29.4 Å². The third-order valence-corrected chi connectivity index (χ3v) is 7.92. The number of alkyl halides is 3. The van der Waals surface area contributed by atoms with Crippen molar-refractivity contribution in [2.24, 2.45) is 0 Å². The lowest BCUT2D eigenvalue weighted by Crippen LogP contribution is -2.58. The van der Waals surface area contributed by atoms with Crippen molar-refractivity contribution in [3.63, 3.8) is 0 Å². The number of rotatable bonds is 4. The molecule has 1 saturated heterocycles. The number of fused-ring (bicyclic) bond motifs is 3. The van der Waals surface area contributed by atoms with Crippen molar-refractivity contribution < 1.29 is 56.8 Å². The molecule has 3 N–H and O–H groups in total. The molecule has 0 saturated carbocycles. The monoisotopic (exact) mass is 589 g/mol. The molecule has 0 spiro atoms. The molecule has 5 rings (SSSR count). The van der Waals surface area contributed by atoms with Crippen LogP contribution in [0.4, 0.5) is 13.2 Å². The number of hydrogen-bond acceptors (Lipinski definition) is 9. The maximum Gasteiger partial charge on any atom is 0.471 e. The lowest BCUT2D eigenvalue weighted by Gasteiger charge is -2.41. The zero-order valence-corrected chi connectivity index (χ0v) is 22.4. The molecule has 222 valence electrons. The van der Waals surface area contributed by atoms with Gasteiger partial charge in [0.2, 0.25) is 0 Å². The van der Waals surface area contributed by atoms with Gasteiger partial charge in [0, 0.05) is 42.0 Å². The fraction of sp³-hybridized carbons (Fsp3) is 0.414. The van der Waals surface area contributed by atoms with Crippen LogP contribution in [0, 0.1) is 0 Å². The summed E-state index contributed by atoms with van der Waals surface area (Å²) < 4.78 is 50.2. The van der Waals surface area contributed by atoms with E-state index < -0.39 is 82.5 Å². The molecule has 2 aliphatic carbocycles. The summed E-state index contributed by atoms with van der Waals surface area (Å²) in [4.78, 5) is 62.8. The Morgan fingerprint density at radius 2 is 1.64 bits per heavy atom. The van der Waals surface area contributed by atoms with E-state index in [4.69, 9.17) is 9.47 Å². The summed E-state index contributed by atoms with van der Waals surface area (Å²) in [6.07, 6.45) is -9.08. The molecule has 0 aromatic heterocycles. The van der Waals surface area contributed by atoms with Gasteiger partial charge >= 0.3 is 18.1 Å². The van der Waals surface area contributed by atoms with Crippen LogP contribution in [0.25, 0.3) is 0 Å². The van der Waals surface area contributed by atoms with E-state index in [1.807, 2.05) is 5.32 Å². The van der Waals surface area contributed by atoms with Gasteiger partial charge in [-0.15, -0.1) is 0 Å². The molecule has 0 radical (unpaired) electrons. The first-order valence-corrected chi connectivity index (χ1v) is 13.2. The Balaban J connectivity index is 1.51. The number of esters is 1. The molecule has 10 nitrogen and oxygen atoms in total. The summed E-state index contributed by atoms with van der Waals surface area (Å²) in [7, 11) is 0. The van der Waals surface area contributed by atoms with Gasteiger partial charge in [-0.3, -0.25) is 24.0 Å². The highest BCUT2D eigenvalue weighted by atomic mass is 19.4. The van der Waals surface area contributed by atoms with Gasteiger partial charge in [0.25, 0.3) is 0 Å². The number of benzene rings is 2. The molecule has 2 aromatic rings. The quantitative estimate of drug-likeness (QED) is 0.308. The average Bonchev–Trinajstić information content (AvgIpc) is 2.90. The van der Waals surface area contributed by atoms with Gasteiger partial charge in [-0.1, -0.05) is 24.3 Å².